The maximum absolute atomic E-state index is 7.40. The van der Waals surface area contributed by atoms with Crippen LogP contribution in [0.5, 0.6) is 0 Å². The Kier molecular flexibility index (Phi) is 4.45. The molecular weight excluding hydrogens is 232 g/mol. The van der Waals surface area contributed by atoms with Crippen LogP contribution in [0.3, 0.4) is 0 Å². The Labute approximate surface area is 97.2 Å². The Bertz CT molecular complexity index is 387. The van der Waals surface area contributed by atoms with Gasteiger partial charge in [0.15, 0.2) is 11.1 Å². The molecular formula is C9H11ClN4S. The third kappa shape index (κ3) is 4.71. The molecule has 0 aliphatic heterocycles. The van der Waals surface area contributed by atoms with Gasteiger partial charge in [-0.1, -0.05) is 35.5 Å². The Morgan fingerprint density at radius 3 is 2.80 bits per heavy atom. The van der Waals surface area contributed by atoms with Crippen molar-refractivity contribution in [1.82, 2.24) is 0 Å². The number of halogens is 1. The summed E-state index contributed by atoms with van der Waals surface area (Å²) in [7, 11) is 0. The van der Waals surface area contributed by atoms with E-state index in [-0.39, 0.29) is 11.1 Å². The molecule has 0 fully saturated rings. The van der Waals surface area contributed by atoms with Gasteiger partial charge in [0, 0.05) is 10.8 Å². The summed E-state index contributed by atoms with van der Waals surface area (Å²) >= 11 is 7.06. The van der Waals surface area contributed by atoms with E-state index < -0.39 is 0 Å². The lowest BCUT2D eigenvalue weighted by atomic mass is 10.2. The van der Waals surface area contributed by atoms with Gasteiger partial charge < -0.3 is 11.5 Å². The highest BCUT2D eigenvalue weighted by Gasteiger charge is 1.98. The van der Waals surface area contributed by atoms with Crippen LogP contribution in [-0.4, -0.2) is 11.1 Å². The van der Waals surface area contributed by atoms with Crippen molar-refractivity contribution in [3.8, 4) is 0 Å². The summed E-state index contributed by atoms with van der Waals surface area (Å²) in [4.78, 5) is 3.60. The van der Waals surface area contributed by atoms with Crippen molar-refractivity contribution in [2.45, 2.75) is 5.75 Å². The monoisotopic (exact) mass is 242 g/mol. The molecule has 6 heteroatoms. The van der Waals surface area contributed by atoms with Crippen LogP contribution in [-0.2, 0) is 5.75 Å². The van der Waals surface area contributed by atoms with Crippen LogP contribution in [0.1, 0.15) is 5.56 Å². The van der Waals surface area contributed by atoms with Gasteiger partial charge in [0.05, 0.1) is 0 Å². The summed E-state index contributed by atoms with van der Waals surface area (Å²) < 4.78 is 0. The van der Waals surface area contributed by atoms with Crippen molar-refractivity contribution in [2.75, 3.05) is 0 Å². The van der Waals surface area contributed by atoms with Crippen LogP contribution in [0, 0.1) is 5.41 Å². The highest BCUT2D eigenvalue weighted by atomic mass is 35.5. The smallest absolute Gasteiger partial charge is 0.193 e. The Morgan fingerprint density at radius 2 is 2.20 bits per heavy atom. The minimum absolute atomic E-state index is 0.0926. The fraction of sp³-hybridized carbons (Fsp3) is 0.111. The zero-order valence-corrected chi connectivity index (χ0v) is 9.48. The van der Waals surface area contributed by atoms with E-state index in [1.807, 2.05) is 18.2 Å². The number of nitrogens with one attached hydrogen (secondary N) is 1. The van der Waals surface area contributed by atoms with Gasteiger partial charge in [0.1, 0.15) is 0 Å². The molecule has 0 aliphatic carbocycles. The molecule has 0 saturated carbocycles. The topological polar surface area (TPSA) is 88.2 Å². The fourth-order valence-corrected chi connectivity index (χ4v) is 1.79. The highest BCUT2D eigenvalue weighted by molar-refractivity contribution is 8.13. The number of hydrogen-bond donors (Lipinski definition) is 3. The molecule has 0 bridgehead atoms. The quantitative estimate of drug-likeness (QED) is 0.546. The average molecular weight is 243 g/mol. The highest BCUT2D eigenvalue weighted by Crippen LogP contribution is 2.17. The summed E-state index contributed by atoms with van der Waals surface area (Å²) in [6.45, 7) is 0. The van der Waals surface area contributed by atoms with E-state index in [0.29, 0.717) is 10.8 Å². The van der Waals surface area contributed by atoms with Crippen molar-refractivity contribution >= 4 is 34.5 Å². The van der Waals surface area contributed by atoms with Crippen LogP contribution < -0.4 is 11.5 Å². The fourth-order valence-electron chi connectivity index (χ4n) is 0.928. The number of amidine groups is 1. The lowest BCUT2D eigenvalue weighted by Crippen LogP contribution is -2.23. The summed E-state index contributed by atoms with van der Waals surface area (Å²) in [6, 6.07) is 7.44. The van der Waals surface area contributed by atoms with Crippen LogP contribution in [0.15, 0.2) is 29.3 Å². The van der Waals surface area contributed by atoms with Gasteiger partial charge in [-0.25, -0.2) is 0 Å². The number of guanidine groups is 1. The number of nitrogens with two attached hydrogens (primary N) is 2. The molecule has 0 saturated heterocycles. The first-order chi connectivity index (χ1) is 7.08. The van der Waals surface area contributed by atoms with Gasteiger partial charge in [0.25, 0.3) is 0 Å². The normalized spacial score (nSPS) is 9.67. The third-order valence-corrected chi connectivity index (χ3v) is 2.57. The molecule has 0 spiro atoms. The standard InChI is InChI=1S/C9H11ClN4S/c10-7-3-1-2-6(4-7)5-15-9(13)14-8(11)12/h1-4H,5H2,(H5,11,12,13,14). The van der Waals surface area contributed by atoms with Crippen molar-refractivity contribution in [2.24, 2.45) is 16.5 Å². The second kappa shape index (κ2) is 5.63. The van der Waals surface area contributed by atoms with E-state index in [1.54, 1.807) is 6.07 Å². The zero-order chi connectivity index (χ0) is 11.3. The molecule has 0 aliphatic rings. The Morgan fingerprint density at radius 1 is 1.47 bits per heavy atom. The Hall–Kier alpha value is -1.20. The second-order valence-corrected chi connectivity index (χ2v) is 4.16. The number of benzene rings is 1. The van der Waals surface area contributed by atoms with Crippen LogP contribution in [0.4, 0.5) is 0 Å². The first kappa shape index (κ1) is 11.9. The number of thioether (sulfide) groups is 1. The maximum atomic E-state index is 7.40. The zero-order valence-electron chi connectivity index (χ0n) is 7.90. The number of aliphatic imine (C=N–C) groups is 1. The van der Waals surface area contributed by atoms with E-state index in [9.17, 15) is 0 Å². The molecule has 1 aromatic rings. The average Bonchev–Trinajstić information content (AvgIpc) is 2.14. The minimum atomic E-state index is -0.0985. The molecule has 0 radical (unpaired) electrons. The second-order valence-electron chi connectivity index (χ2n) is 2.76. The van der Waals surface area contributed by atoms with Gasteiger partial charge >= 0.3 is 0 Å². The van der Waals surface area contributed by atoms with E-state index >= 15 is 0 Å². The minimum Gasteiger partial charge on any atom is -0.370 e. The van der Waals surface area contributed by atoms with Crippen LogP contribution in [0.25, 0.3) is 0 Å². The molecule has 5 N–H and O–H groups in total. The van der Waals surface area contributed by atoms with Gasteiger partial charge in [-0.2, -0.15) is 4.99 Å². The third-order valence-electron chi connectivity index (χ3n) is 1.50. The van der Waals surface area contributed by atoms with Gasteiger partial charge in [-0.3, -0.25) is 5.41 Å². The molecule has 0 heterocycles. The lowest BCUT2D eigenvalue weighted by molar-refractivity contribution is 1.41. The summed E-state index contributed by atoms with van der Waals surface area (Å²) in [5.74, 6) is 0.523. The predicted octanol–water partition coefficient (Wildman–Crippen LogP) is 1.78. The molecule has 4 nitrogen and oxygen atoms in total. The first-order valence-electron chi connectivity index (χ1n) is 4.13. The molecule has 80 valence electrons. The molecule has 1 rings (SSSR count). The molecule has 0 aromatic heterocycles. The number of rotatable bonds is 2. The molecule has 0 unspecified atom stereocenters. The summed E-state index contributed by atoms with van der Waals surface area (Å²) in [6.07, 6.45) is 0. The van der Waals surface area contributed by atoms with Gasteiger partial charge in [0.2, 0.25) is 0 Å². The largest absolute Gasteiger partial charge is 0.370 e. The predicted molar refractivity (Wildman–Crippen MR) is 66.3 cm³/mol. The first-order valence-corrected chi connectivity index (χ1v) is 5.49. The van der Waals surface area contributed by atoms with E-state index in [4.69, 9.17) is 28.5 Å². The van der Waals surface area contributed by atoms with Crippen molar-refractivity contribution in [3.05, 3.63) is 34.9 Å². The molecule has 0 atom stereocenters. The summed E-state index contributed by atoms with van der Waals surface area (Å²) in [5, 5.41) is 8.18. The number of nitrogens with zero attached hydrogens (tertiary/aromatic N) is 1. The van der Waals surface area contributed by atoms with Gasteiger partial charge in [-0.15, -0.1) is 0 Å². The SMILES string of the molecule is N=C(N=C(N)N)SCc1cccc(Cl)c1. The molecule has 1 aromatic carbocycles. The van der Waals surface area contributed by atoms with E-state index in [0.717, 1.165) is 5.56 Å². The maximum Gasteiger partial charge on any atom is 0.193 e. The van der Waals surface area contributed by atoms with Gasteiger partial charge in [-0.05, 0) is 17.7 Å². The van der Waals surface area contributed by atoms with Crippen molar-refractivity contribution < 1.29 is 0 Å². The number of hydrogen-bond acceptors (Lipinski definition) is 2. The van der Waals surface area contributed by atoms with E-state index in [1.165, 1.54) is 11.8 Å². The van der Waals surface area contributed by atoms with Crippen molar-refractivity contribution in [3.63, 3.8) is 0 Å². The van der Waals surface area contributed by atoms with Crippen molar-refractivity contribution in [1.29, 1.82) is 5.41 Å². The van der Waals surface area contributed by atoms with E-state index in [2.05, 4.69) is 4.99 Å². The van der Waals surface area contributed by atoms with Crippen LogP contribution in [0.2, 0.25) is 5.02 Å². The molecule has 15 heavy (non-hydrogen) atoms. The lowest BCUT2D eigenvalue weighted by Gasteiger charge is -2.00. The Balaban J connectivity index is 2.51. The summed E-state index contributed by atoms with van der Waals surface area (Å²) in [5.41, 5.74) is 11.3. The molecule has 0 amide bonds. The van der Waals surface area contributed by atoms with Crippen LogP contribution >= 0.6 is 23.4 Å².